The van der Waals surface area contributed by atoms with Crippen LogP contribution in [0.15, 0.2) is 18.3 Å². The Morgan fingerprint density at radius 2 is 2.06 bits per heavy atom. The Morgan fingerprint density at radius 3 is 2.61 bits per heavy atom. The van der Waals surface area contributed by atoms with Gasteiger partial charge in [0, 0.05) is 31.2 Å². The standard InChI is InChI=1S/C14H18ClN3/c1-9-5-6-16-14(15)13(9)17-8-12-7-10(2)18(4)11(12)3/h5-7,17H,8H2,1-4H3. The van der Waals surface area contributed by atoms with Crippen molar-refractivity contribution in [1.82, 2.24) is 9.55 Å². The molecule has 0 saturated heterocycles. The Hall–Kier alpha value is -1.48. The molecule has 0 radical (unpaired) electrons. The fourth-order valence-corrected chi connectivity index (χ4v) is 2.31. The van der Waals surface area contributed by atoms with Gasteiger partial charge >= 0.3 is 0 Å². The topological polar surface area (TPSA) is 29.9 Å². The molecule has 2 heterocycles. The van der Waals surface area contributed by atoms with Gasteiger partial charge in [0.2, 0.25) is 0 Å². The molecule has 2 aromatic rings. The second-order valence-corrected chi connectivity index (χ2v) is 4.96. The number of halogens is 1. The summed E-state index contributed by atoms with van der Waals surface area (Å²) in [6, 6.07) is 4.15. The van der Waals surface area contributed by atoms with Gasteiger partial charge in [0.25, 0.3) is 0 Å². The molecule has 0 aliphatic rings. The molecule has 4 heteroatoms. The van der Waals surface area contributed by atoms with Crippen LogP contribution in [0.3, 0.4) is 0 Å². The molecule has 96 valence electrons. The average Bonchev–Trinajstić information content (AvgIpc) is 2.56. The highest BCUT2D eigenvalue weighted by Crippen LogP contribution is 2.24. The Balaban J connectivity index is 2.19. The van der Waals surface area contributed by atoms with Crippen molar-refractivity contribution in [3.8, 4) is 0 Å². The van der Waals surface area contributed by atoms with Crippen LogP contribution in [0, 0.1) is 20.8 Å². The molecule has 0 aliphatic carbocycles. The van der Waals surface area contributed by atoms with E-state index in [0.717, 1.165) is 17.8 Å². The molecule has 3 nitrogen and oxygen atoms in total. The van der Waals surface area contributed by atoms with Crippen LogP contribution in [0.5, 0.6) is 0 Å². The van der Waals surface area contributed by atoms with Crippen molar-refractivity contribution in [3.05, 3.63) is 46.0 Å². The minimum absolute atomic E-state index is 0.528. The van der Waals surface area contributed by atoms with Gasteiger partial charge in [0.1, 0.15) is 0 Å². The monoisotopic (exact) mass is 263 g/mol. The van der Waals surface area contributed by atoms with E-state index in [9.17, 15) is 0 Å². The predicted molar refractivity (Wildman–Crippen MR) is 76.2 cm³/mol. The molecular formula is C14H18ClN3. The van der Waals surface area contributed by atoms with Crippen molar-refractivity contribution in [3.63, 3.8) is 0 Å². The summed E-state index contributed by atoms with van der Waals surface area (Å²) >= 11 is 6.09. The molecule has 18 heavy (non-hydrogen) atoms. The molecule has 1 N–H and O–H groups in total. The molecule has 2 aromatic heterocycles. The van der Waals surface area contributed by atoms with Crippen LogP contribution >= 0.6 is 11.6 Å². The number of nitrogens with one attached hydrogen (secondary N) is 1. The maximum atomic E-state index is 6.09. The summed E-state index contributed by atoms with van der Waals surface area (Å²) in [4.78, 5) is 4.10. The molecule has 0 unspecified atom stereocenters. The van der Waals surface area contributed by atoms with Gasteiger partial charge in [-0.3, -0.25) is 0 Å². The van der Waals surface area contributed by atoms with Gasteiger partial charge < -0.3 is 9.88 Å². The average molecular weight is 264 g/mol. The second-order valence-electron chi connectivity index (χ2n) is 4.60. The van der Waals surface area contributed by atoms with Crippen molar-refractivity contribution >= 4 is 17.3 Å². The third-order valence-electron chi connectivity index (χ3n) is 3.45. The van der Waals surface area contributed by atoms with Crippen LogP contribution in [0.2, 0.25) is 5.15 Å². The molecule has 0 atom stereocenters. The zero-order chi connectivity index (χ0) is 13.3. The largest absolute Gasteiger partial charge is 0.378 e. The van der Waals surface area contributed by atoms with Gasteiger partial charge in [-0.05, 0) is 44.0 Å². The van der Waals surface area contributed by atoms with Crippen molar-refractivity contribution in [1.29, 1.82) is 0 Å². The number of anilines is 1. The van der Waals surface area contributed by atoms with Crippen molar-refractivity contribution in [2.45, 2.75) is 27.3 Å². The lowest BCUT2D eigenvalue weighted by atomic mass is 10.2. The number of aromatic nitrogens is 2. The highest BCUT2D eigenvalue weighted by atomic mass is 35.5. The van der Waals surface area contributed by atoms with Crippen molar-refractivity contribution < 1.29 is 0 Å². The maximum absolute atomic E-state index is 6.09. The highest BCUT2D eigenvalue weighted by molar-refractivity contribution is 6.32. The van der Waals surface area contributed by atoms with Gasteiger partial charge in [0.05, 0.1) is 5.69 Å². The highest BCUT2D eigenvalue weighted by Gasteiger charge is 2.08. The fraction of sp³-hybridized carbons (Fsp3) is 0.357. The van der Waals surface area contributed by atoms with Gasteiger partial charge in [-0.25, -0.2) is 4.98 Å². The van der Waals surface area contributed by atoms with E-state index in [1.807, 2.05) is 13.0 Å². The number of aryl methyl sites for hydroxylation is 2. The first-order valence-corrected chi connectivity index (χ1v) is 6.35. The zero-order valence-electron chi connectivity index (χ0n) is 11.2. The summed E-state index contributed by atoms with van der Waals surface area (Å²) in [6.45, 7) is 7.03. The van der Waals surface area contributed by atoms with Crippen LogP contribution in [0.25, 0.3) is 0 Å². The quantitative estimate of drug-likeness (QED) is 0.858. The molecule has 0 saturated carbocycles. The third-order valence-corrected chi connectivity index (χ3v) is 3.74. The Bertz CT molecular complexity index is 552. The minimum atomic E-state index is 0.528. The molecule has 0 spiro atoms. The summed E-state index contributed by atoms with van der Waals surface area (Å²) in [7, 11) is 2.08. The maximum Gasteiger partial charge on any atom is 0.152 e. The normalized spacial score (nSPS) is 10.7. The summed E-state index contributed by atoms with van der Waals surface area (Å²) in [6.07, 6.45) is 1.72. The van der Waals surface area contributed by atoms with Crippen LogP contribution in [0.1, 0.15) is 22.5 Å². The lowest BCUT2D eigenvalue weighted by molar-refractivity contribution is 0.837. The minimum Gasteiger partial charge on any atom is -0.378 e. The van der Waals surface area contributed by atoms with Crippen LogP contribution < -0.4 is 5.32 Å². The first kappa shape index (κ1) is 13.0. The number of nitrogens with zero attached hydrogens (tertiary/aromatic N) is 2. The SMILES string of the molecule is Cc1ccnc(Cl)c1NCc1cc(C)n(C)c1C. The van der Waals surface area contributed by atoms with E-state index < -0.39 is 0 Å². The van der Waals surface area contributed by atoms with Gasteiger partial charge in [-0.1, -0.05) is 11.6 Å². The molecule has 0 aromatic carbocycles. The lowest BCUT2D eigenvalue weighted by Gasteiger charge is -2.10. The van der Waals surface area contributed by atoms with Gasteiger partial charge in [-0.15, -0.1) is 0 Å². The summed E-state index contributed by atoms with van der Waals surface area (Å²) in [5, 5.41) is 3.90. The van der Waals surface area contributed by atoms with E-state index in [0.29, 0.717) is 5.15 Å². The molecule has 0 aliphatic heterocycles. The number of hydrogen-bond acceptors (Lipinski definition) is 2. The second kappa shape index (κ2) is 5.02. The summed E-state index contributed by atoms with van der Waals surface area (Å²) in [5.41, 5.74) is 5.85. The first-order chi connectivity index (χ1) is 8.50. The summed E-state index contributed by atoms with van der Waals surface area (Å²) in [5.74, 6) is 0. The van der Waals surface area contributed by atoms with E-state index in [1.165, 1.54) is 17.0 Å². The van der Waals surface area contributed by atoms with Crippen LogP contribution in [-0.4, -0.2) is 9.55 Å². The zero-order valence-corrected chi connectivity index (χ0v) is 12.0. The fourth-order valence-electron chi connectivity index (χ4n) is 2.03. The smallest absolute Gasteiger partial charge is 0.152 e. The van der Waals surface area contributed by atoms with Crippen molar-refractivity contribution in [2.24, 2.45) is 7.05 Å². The Labute approximate surface area is 113 Å². The van der Waals surface area contributed by atoms with Crippen LogP contribution in [0.4, 0.5) is 5.69 Å². The molecular weight excluding hydrogens is 246 g/mol. The number of pyridine rings is 1. The lowest BCUT2D eigenvalue weighted by Crippen LogP contribution is -2.04. The molecule has 2 rings (SSSR count). The molecule has 0 amide bonds. The van der Waals surface area contributed by atoms with Crippen molar-refractivity contribution in [2.75, 3.05) is 5.32 Å². The van der Waals surface area contributed by atoms with E-state index in [1.54, 1.807) is 6.20 Å². The Morgan fingerprint density at radius 1 is 1.33 bits per heavy atom. The van der Waals surface area contributed by atoms with Gasteiger partial charge in [0.15, 0.2) is 5.15 Å². The molecule has 0 fully saturated rings. The predicted octanol–water partition coefficient (Wildman–Crippen LogP) is 3.61. The number of rotatable bonds is 3. The molecule has 0 bridgehead atoms. The van der Waals surface area contributed by atoms with Crippen LogP contribution in [-0.2, 0) is 13.6 Å². The number of hydrogen-bond donors (Lipinski definition) is 1. The Kier molecular flexibility index (Phi) is 3.62. The third kappa shape index (κ3) is 2.36. The first-order valence-electron chi connectivity index (χ1n) is 5.97. The van der Waals surface area contributed by atoms with Gasteiger partial charge in [-0.2, -0.15) is 0 Å². The van der Waals surface area contributed by atoms with E-state index in [4.69, 9.17) is 11.6 Å². The van der Waals surface area contributed by atoms with E-state index >= 15 is 0 Å². The van der Waals surface area contributed by atoms with E-state index in [-0.39, 0.29) is 0 Å². The summed E-state index contributed by atoms with van der Waals surface area (Å²) < 4.78 is 2.19. The van der Waals surface area contributed by atoms with E-state index in [2.05, 4.69) is 41.8 Å².